The van der Waals surface area contributed by atoms with Crippen LogP contribution in [-0.4, -0.2) is 23.7 Å². The number of aryl methyl sites for hydroxylation is 1. The third-order valence-electron chi connectivity index (χ3n) is 6.66. The van der Waals surface area contributed by atoms with Gasteiger partial charge in [-0.05, 0) is 54.9 Å². The Labute approximate surface area is 168 Å². The summed E-state index contributed by atoms with van der Waals surface area (Å²) in [4.78, 5) is 6.34. The Bertz CT molecular complexity index is 790. The Morgan fingerprint density at radius 3 is 2.39 bits per heavy atom. The van der Waals surface area contributed by atoms with Gasteiger partial charge in [0.2, 0.25) is 6.04 Å². The van der Waals surface area contributed by atoms with Gasteiger partial charge in [0, 0.05) is 18.7 Å². The van der Waals surface area contributed by atoms with Crippen molar-refractivity contribution in [3.63, 3.8) is 0 Å². The largest absolute Gasteiger partial charge is 0.388 e. The molecule has 1 N–H and O–H groups in total. The van der Waals surface area contributed by atoms with Crippen molar-refractivity contribution in [3.8, 4) is 0 Å². The Balaban J connectivity index is 1.46. The van der Waals surface area contributed by atoms with E-state index in [1.54, 1.807) is 0 Å². The number of rotatable bonds is 6. The second-order valence-electron chi connectivity index (χ2n) is 8.35. The zero-order valence-corrected chi connectivity index (χ0v) is 16.5. The number of aliphatic hydroxyl groups is 1. The fourth-order valence-corrected chi connectivity index (χ4v) is 5.02. The van der Waals surface area contributed by atoms with Crippen LogP contribution in [0.25, 0.3) is 4.85 Å². The maximum atomic E-state index is 10.7. The summed E-state index contributed by atoms with van der Waals surface area (Å²) in [5, 5.41) is 10.7. The van der Waals surface area contributed by atoms with E-state index >= 15 is 0 Å². The van der Waals surface area contributed by atoms with Crippen molar-refractivity contribution in [3.05, 3.63) is 77.1 Å². The second kappa shape index (κ2) is 8.80. The Morgan fingerprint density at radius 2 is 1.71 bits per heavy atom. The van der Waals surface area contributed by atoms with E-state index in [0.29, 0.717) is 5.92 Å². The van der Waals surface area contributed by atoms with Crippen molar-refractivity contribution in [2.75, 3.05) is 11.4 Å². The molecule has 3 atom stereocenters. The van der Waals surface area contributed by atoms with Crippen molar-refractivity contribution in [1.29, 1.82) is 0 Å². The molecular weight excluding hydrogens is 344 g/mol. The van der Waals surface area contributed by atoms with Crippen molar-refractivity contribution in [2.45, 2.75) is 63.1 Å². The highest BCUT2D eigenvalue weighted by atomic mass is 16.3. The Hall–Kier alpha value is -2.31. The van der Waals surface area contributed by atoms with Crippen LogP contribution >= 0.6 is 0 Å². The summed E-state index contributed by atoms with van der Waals surface area (Å²) in [7, 11) is 0. The number of aliphatic hydroxyl groups excluding tert-OH is 1. The van der Waals surface area contributed by atoms with Crippen LogP contribution < -0.4 is 4.90 Å². The molecule has 2 fully saturated rings. The fraction of sp³-hybridized carbons (Fsp3) is 0.480. The second-order valence-corrected chi connectivity index (χ2v) is 8.35. The first-order valence-corrected chi connectivity index (χ1v) is 10.7. The molecule has 0 radical (unpaired) electrons. The molecule has 1 saturated carbocycles. The molecule has 0 bridgehead atoms. The summed E-state index contributed by atoms with van der Waals surface area (Å²) in [5.74, 6) is 0.419. The molecule has 2 aliphatic rings. The molecule has 0 spiro atoms. The molecule has 3 heteroatoms. The Kier molecular flexibility index (Phi) is 5.98. The average Bonchev–Trinajstić information content (AvgIpc) is 3.42. The first-order valence-electron chi connectivity index (χ1n) is 10.7. The van der Waals surface area contributed by atoms with E-state index in [4.69, 9.17) is 6.57 Å². The summed E-state index contributed by atoms with van der Waals surface area (Å²) in [6, 6.07) is 19.4. The van der Waals surface area contributed by atoms with Crippen molar-refractivity contribution < 1.29 is 5.11 Å². The van der Waals surface area contributed by atoms with E-state index in [9.17, 15) is 5.11 Å². The molecule has 1 aliphatic heterocycles. The molecule has 2 aromatic rings. The predicted octanol–water partition coefficient (Wildman–Crippen LogP) is 5.41. The third kappa shape index (κ3) is 4.08. The van der Waals surface area contributed by atoms with Gasteiger partial charge in [0.15, 0.2) is 0 Å². The number of hydrogen-bond acceptors (Lipinski definition) is 2. The molecular formula is C25H30N2O. The van der Waals surface area contributed by atoms with E-state index in [0.717, 1.165) is 44.2 Å². The number of benzene rings is 2. The van der Waals surface area contributed by atoms with Crippen LogP contribution in [0.3, 0.4) is 0 Å². The molecule has 146 valence electrons. The van der Waals surface area contributed by atoms with Crippen molar-refractivity contribution >= 4 is 5.69 Å². The molecule has 2 aromatic carbocycles. The quantitative estimate of drug-likeness (QED) is 0.685. The first-order chi connectivity index (χ1) is 13.8. The van der Waals surface area contributed by atoms with E-state index < -0.39 is 0 Å². The van der Waals surface area contributed by atoms with Gasteiger partial charge in [-0.1, -0.05) is 55.3 Å². The summed E-state index contributed by atoms with van der Waals surface area (Å²) in [6.07, 6.45) is 7.39. The number of nitrogens with zero attached hydrogens (tertiary/aromatic N) is 2. The molecule has 0 amide bonds. The molecule has 1 saturated heterocycles. The molecule has 1 aliphatic carbocycles. The van der Waals surface area contributed by atoms with Gasteiger partial charge in [0.05, 0.1) is 6.10 Å². The van der Waals surface area contributed by atoms with Crippen LogP contribution in [0.4, 0.5) is 5.69 Å². The zero-order chi connectivity index (χ0) is 19.3. The van der Waals surface area contributed by atoms with Gasteiger partial charge < -0.3 is 14.9 Å². The van der Waals surface area contributed by atoms with Gasteiger partial charge in [-0.3, -0.25) is 0 Å². The summed E-state index contributed by atoms with van der Waals surface area (Å²) in [6.45, 7) is 8.56. The number of anilines is 1. The van der Waals surface area contributed by atoms with Crippen molar-refractivity contribution in [1.82, 2.24) is 0 Å². The molecule has 4 rings (SSSR count). The average molecular weight is 375 g/mol. The monoisotopic (exact) mass is 374 g/mol. The van der Waals surface area contributed by atoms with Gasteiger partial charge in [0.25, 0.3) is 0 Å². The lowest BCUT2D eigenvalue weighted by Gasteiger charge is -2.27. The Morgan fingerprint density at radius 1 is 1.00 bits per heavy atom. The predicted molar refractivity (Wildman–Crippen MR) is 114 cm³/mol. The maximum Gasteiger partial charge on any atom is 0.245 e. The molecule has 28 heavy (non-hydrogen) atoms. The minimum Gasteiger partial charge on any atom is -0.388 e. The van der Waals surface area contributed by atoms with E-state index in [-0.39, 0.29) is 18.2 Å². The maximum absolute atomic E-state index is 10.7. The van der Waals surface area contributed by atoms with Gasteiger partial charge in [-0.15, -0.1) is 0 Å². The standard InChI is InChI=1S/C25H30N2O/c1-26-23-17-18-27(24(23)16-11-19-7-3-2-4-8-19)22-14-12-21(13-15-22)25(28)20-9-5-6-10-20/h2-4,7-8,12-15,20,23-25,28H,5-6,9-11,16-18H2. The van der Waals surface area contributed by atoms with Crippen LogP contribution in [-0.2, 0) is 6.42 Å². The SMILES string of the molecule is [C-]#[N+]C1CCN(c2ccc(C(O)C3CCCC3)cc2)C1CCc1ccccc1. The van der Waals surface area contributed by atoms with Crippen molar-refractivity contribution in [2.24, 2.45) is 5.92 Å². The molecule has 1 heterocycles. The lowest BCUT2D eigenvalue weighted by molar-refractivity contribution is 0.111. The zero-order valence-electron chi connectivity index (χ0n) is 16.5. The normalized spacial score (nSPS) is 23.6. The smallest absolute Gasteiger partial charge is 0.245 e. The highest BCUT2D eigenvalue weighted by Crippen LogP contribution is 2.37. The minimum atomic E-state index is -0.333. The summed E-state index contributed by atoms with van der Waals surface area (Å²) in [5.41, 5.74) is 3.57. The highest BCUT2D eigenvalue weighted by molar-refractivity contribution is 5.51. The van der Waals surface area contributed by atoms with Crippen LogP contribution in [0.2, 0.25) is 0 Å². The van der Waals surface area contributed by atoms with Gasteiger partial charge >= 0.3 is 0 Å². The van der Waals surface area contributed by atoms with Crippen LogP contribution in [0, 0.1) is 12.5 Å². The van der Waals surface area contributed by atoms with Crippen LogP contribution in [0.1, 0.15) is 55.8 Å². The van der Waals surface area contributed by atoms with Crippen LogP contribution in [0.5, 0.6) is 0 Å². The third-order valence-corrected chi connectivity index (χ3v) is 6.66. The van der Waals surface area contributed by atoms with Gasteiger partial charge in [-0.2, -0.15) is 0 Å². The molecule has 3 unspecified atom stereocenters. The minimum absolute atomic E-state index is 0.0764. The lowest BCUT2D eigenvalue weighted by Crippen LogP contribution is -2.34. The van der Waals surface area contributed by atoms with Gasteiger partial charge in [0.1, 0.15) is 6.04 Å². The van der Waals surface area contributed by atoms with E-state index in [2.05, 4.69) is 64.3 Å². The van der Waals surface area contributed by atoms with Gasteiger partial charge in [-0.25, -0.2) is 6.57 Å². The lowest BCUT2D eigenvalue weighted by atomic mass is 9.94. The first kappa shape index (κ1) is 19.0. The molecule has 3 nitrogen and oxygen atoms in total. The van der Waals surface area contributed by atoms with E-state index in [1.165, 1.54) is 24.1 Å². The summed E-state index contributed by atoms with van der Waals surface area (Å²) < 4.78 is 0. The summed E-state index contributed by atoms with van der Waals surface area (Å²) >= 11 is 0. The molecule has 0 aromatic heterocycles. The number of hydrogen-bond donors (Lipinski definition) is 1. The van der Waals surface area contributed by atoms with Crippen LogP contribution in [0.15, 0.2) is 54.6 Å². The topological polar surface area (TPSA) is 27.8 Å². The fourth-order valence-electron chi connectivity index (χ4n) is 5.02. The van der Waals surface area contributed by atoms with E-state index in [1.807, 2.05) is 0 Å². The highest BCUT2D eigenvalue weighted by Gasteiger charge is 2.38.